The van der Waals surface area contributed by atoms with Crippen LogP contribution in [0.15, 0.2) is 72.9 Å². The summed E-state index contributed by atoms with van der Waals surface area (Å²) >= 11 is 5.89. The van der Waals surface area contributed by atoms with Crippen LogP contribution in [0.4, 0.5) is 11.4 Å². The van der Waals surface area contributed by atoms with Gasteiger partial charge in [0.05, 0.1) is 41.6 Å². The third-order valence-corrected chi connectivity index (χ3v) is 7.44. The van der Waals surface area contributed by atoms with Gasteiger partial charge in [0, 0.05) is 29.3 Å². The molecule has 0 amide bonds. The monoisotopic (exact) mass is 527 g/mol. The number of nitrogens with zero attached hydrogens (tertiary/aromatic N) is 4. The van der Waals surface area contributed by atoms with Gasteiger partial charge in [-0.15, -0.1) is 0 Å². The van der Waals surface area contributed by atoms with Gasteiger partial charge in [-0.2, -0.15) is 0 Å². The van der Waals surface area contributed by atoms with Gasteiger partial charge in [-0.3, -0.25) is 15.1 Å². The number of non-ortho nitro benzene ring substituents is 1. The zero-order valence-electron chi connectivity index (χ0n) is 21.7. The van der Waals surface area contributed by atoms with E-state index in [1.165, 1.54) is 24.8 Å². The Hall–Kier alpha value is -4.24. The number of benzene rings is 2. The molecule has 4 aromatic rings. The molecule has 1 fully saturated rings. The fraction of sp³-hybridized carbons (Fsp3) is 0.241. The van der Waals surface area contributed by atoms with Crippen molar-refractivity contribution in [1.82, 2.24) is 14.9 Å². The molecular weight excluding hydrogens is 498 g/mol. The highest BCUT2D eigenvalue weighted by molar-refractivity contribution is 7.80. The van der Waals surface area contributed by atoms with Crippen molar-refractivity contribution in [1.29, 1.82) is 0 Å². The zero-order valence-corrected chi connectivity index (χ0v) is 22.5. The minimum absolute atomic E-state index is 0.0180. The number of nitro groups is 1. The molecule has 0 aliphatic carbocycles. The van der Waals surface area contributed by atoms with Gasteiger partial charge in [-0.25, -0.2) is 0 Å². The van der Waals surface area contributed by atoms with E-state index < -0.39 is 4.92 Å². The summed E-state index contributed by atoms with van der Waals surface area (Å²) in [7, 11) is 1.52. The van der Waals surface area contributed by atoms with Crippen LogP contribution in [0.5, 0.6) is 5.75 Å². The van der Waals surface area contributed by atoms with E-state index in [2.05, 4.69) is 63.9 Å². The lowest BCUT2D eigenvalue weighted by molar-refractivity contribution is -0.384. The van der Waals surface area contributed by atoms with Gasteiger partial charge in [-0.05, 0) is 80.0 Å². The number of rotatable bonds is 7. The van der Waals surface area contributed by atoms with Gasteiger partial charge in [-0.1, -0.05) is 25.1 Å². The van der Waals surface area contributed by atoms with Crippen LogP contribution < -0.4 is 15.0 Å². The van der Waals surface area contributed by atoms with E-state index in [4.69, 9.17) is 17.0 Å². The predicted molar refractivity (Wildman–Crippen MR) is 152 cm³/mol. The maximum Gasteiger partial charge on any atom is 0.273 e. The molecule has 1 N–H and O–H groups in total. The van der Waals surface area contributed by atoms with Crippen LogP contribution in [0.3, 0.4) is 0 Å². The van der Waals surface area contributed by atoms with Gasteiger partial charge in [0.2, 0.25) is 0 Å². The first-order valence-corrected chi connectivity index (χ1v) is 12.9. The Morgan fingerprint density at radius 2 is 1.87 bits per heavy atom. The Morgan fingerprint density at radius 1 is 1.11 bits per heavy atom. The molecule has 2 atom stereocenters. The standard InChI is InChI=1S/C29H29N5O3S/c1-5-20-9-11-21(12-10-20)33-28(27(31-29(33)38)24-8-6-7-15-30-24)23-16-18(2)32(19(23)3)25-14-13-22(34(35)36)17-26(25)37-4/h6-17,27-28H,5H2,1-4H3,(H,31,38)/t27-,28-/m1/s1. The summed E-state index contributed by atoms with van der Waals surface area (Å²) in [4.78, 5) is 17.8. The minimum atomic E-state index is -0.419. The third-order valence-electron chi connectivity index (χ3n) is 7.12. The second kappa shape index (κ2) is 10.3. The highest BCUT2D eigenvalue weighted by atomic mass is 32.1. The molecule has 38 heavy (non-hydrogen) atoms. The van der Waals surface area contributed by atoms with Crippen LogP contribution in [0.1, 0.15) is 47.2 Å². The lowest BCUT2D eigenvalue weighted by Gasteiger charge is -2.28. The summed E-state index contributed by atoms with van der Waals surface area (Å²) in [5.41, 5.74) is 6.91. The number of nitro benzene ring substituents is 1. The van der Waals surface area contributed by atoms with Crippen LogP contribution >= 0.6 is 12.2 Å². The van der Waals surface area contributed by atoms with E-state index in [-0.39, 0.29) is 17.8 Å². The number of hydrogen-bond donors (Lipinski definition) is 1. The number of anilines is 1. The fourth-order valence-corrected chi connectivity index (χ4v) is 5.61. The van der Waals surface area contributed by atoms with Crippen molar-refractivity contribution >= 4 is 28.7 Å². The second-order valence-electron chi connectivity index (χ2n) is 9.29. The molecule has 194 valence electrons. The Kier molecular flexibility index (Phi) is 6.86. The van der Waals surface area contributed by atoms with E-state index in [9.17, 15) is 10.1 Å². The molecule has 0 radical (unpaired) electrons. The first kappa shape index (κ1) is 25.4. The number of aromatic nitrogens is 2. The summed E-state index contributed by atoms with van der Waals surface area (Å²) in [5.74, 6) is 0.431. The highest BCUT2D eigenvalue weighted by Crippen LogP contribution is 2.44. The van der Waals surface area contributed by atoms with E-state index in [1.807, 2.05) is 25.1 Å². The van der Waals surface area contributed by atoms with Crippen molar-refractivity contribution in [2.45, 2.75) is 39.3 Å². The molecule has 1 aliphatic rings. The number of pyridine rings is 1. The third kappa shape index (κ3) is 4.39. The molecule has 0 saturated carbocycles. The summed E-state index contributed by atoms with van der Waals surface area (Å²) in [6, 6.07) is 20.9. The average molecular weight is 528 g/mol. The van der Waals surface area contributed by atoms with E-state index >= 15 is 0 Å². The van der Waals surface area contributed by atoms with Crippen LogP contribution in [-0.2, 0) is 6.42 Å². The van der Waals surface area contributed by atoms with Gasteiger partial charge in [0.15, 0.2) is 5.11 Å². The van der Waals surface area contributed by atoms with Gasteiger partial charge in [0.25, 0.3) is 5.69 Å². The molecule has 5 rings (SSSR count). The Morgan fingerprint density at radius 3 is 2.50 bits per heavy atom. The first-order valence-electron chi connectivity index (χ1n) is 12.4. The number of thiocarbonyl (C=S) groups is 1. The maximum absolute atomic E-state index is 11.4. The van der Waals surface area contributed by atoms with Crippen LogP contribution in [-0.4, -0.2) is 26.7 Å². The van der Waals surface area contributed by atoms with Gasteiger partial charge >= 0.3 is 0 Å². The zero-order chi connectivity index (χ0) is 27.0. The number of ether oxygens (including phenoxy) is 1. The van der Waals surface area contributed by atoms with E-state index in [0.717, 1.165) is 40.4 Å². The number of aryl methyl sites for hydroxylation is 2. The molecule has 2 aromatic carbocycles. The summed E-state index contributed by atoms with van der Waals surface area (Å²) in [6.07, 6.45) is 2.75. The van der Waals surface area contributed by atoms with Crippen LogP contribution in [0, 0.1) is 24.0 Å². The van der Waals surface area contributed by atoms with Crippen LogP contribution in [0.25, 0.3) is 5.69 Å². The van der Waals surface area contributed by atoms with Crippen molar-refractivity contribution in [2.24, 2.45) is 0 Å². The second-order valence-corrected chi connectivity index (χ2v) is 9.68. The number of hydrogen-bond acceptors (Lipinski definition) is 5. The largest absolute Gasteiger partial charge is 0.494 e. The molecule has 3 heterocycles. The molecular formula is C29H29N5O3S. The minimum Gasteiger partial charge on any atom is -0.494 e. The van der Waals surface area contributed by atoms with Crippen LogP contribution in [0.2, 0.25) is 0 Å². The van der Waals surface area contributed by atoms with Crippen molar-refractivity contribution < 1.29 is 9.66 Å². The Balaban J connectivity index is 1.67. The quantitative estimate of drug-likeness (QED) is 0.175. The normalized spacial score (nSPS) is 16.9. The maximum atomic E-state index is 11.4. The van der Waals surface area contributed by atoms with E-state index in [0.29, 0.717) is 10.9 Å². The smallest absolute Gasteiger partial charge is 0.273 e. The molecule has 9 heteroatoms. The van der Waals surface area contributed by atoms with Gasteiger partial charge < -0.3 is 19.5 Å². The first-order chi connectivity index (χ1) is 18.3. The summed E-state index contributed by atoms with van der Waals surface area (Å²) in [5, 5.41) is 15.5. The van der Waals surface area contributed by atoms with Crippen molar-refractivity contribution in [3.05, 3.63) is 111 Å². The molecule has 1 saturated heterocycles. The number of methoxy groups -OCH3 is 1. The molecule has 2 aromatic heterocycles. The average Bonchev–Trinajstić information content (AvgIpc) is 3.43. The Labute approximate surface area is 227 Å². The molecule has 0 bridgehead atoms. The van der Waals surface area contributed by atoms with E-state index in [1.54, 1.807) is 12.3 Å². The summed E-state index contributed by atoms with van der Waals surface area (Å²) < 4.78 is 7.65. The molecule has 1 aliphatic heterocycles. The molecule has 0 spiro atoms. The predicted octanol–water partition coefficient (Wildman–Crippen LogP) is 6.15. The van der Waals surface area contributed by atoms with Crippen molar-refractivity contribution in [2.75, 3.05) is 12.0 Å². The lowest BCUT2D eigenvalue weighted by Crippen LogP contribution is -2.29. The lowest BCUT2D eigenvalue weighted by atomic mass is 9.96. The highest BCUT2D eigenvalue weighted by Gasteiger charge is 2.42. The summed E-state index contributed by atoms with van der Waals surface area (Å²) in [6.45, 7) is 6.21. The Bertz CT molecular complexity index is 1500. The van der Waals surface area contributed by atoms with Crippen molar-refractivity contribution in [3.8, 4) is 11.4 Å². The topological polar surface area (TPSA) is 85.5 Å². The SMILES string of the molecule is CCc1ccc(N2C(=S)N[C@H](c3ccccn3)[C@H]2c2cc(C)n(-c3ccc([N+](=O)[O-])cc3OC)c2C)cc1. The number of nitrogens with one attached hydrogen (secondary N) is 1. The van der Waals surface area contributed by atoms with Gasteiger partial charge in [0.1, 0.15) is 5.75 Å². The fourth-order valence-electron chi connectivity index (χ4n) is 5.26. The van der Waals surface area contributed by atoms with Crippen molar-refractivity contribution in [3.63, 3.8) is 0 Å². The molecule has 8 nitrogen and oxygen atoms in total. The molecule has 0 unspecified atom stereocenters.